The van der Waals surface area contributed by atoms with E-state index in [0.717, 1.165) is 16.8 Å². The zero-order valence-corrected chi connectivity index (χ0v) is 8.97. The van der Waals surface area contributed by atoms with Crippen LogP contribution in [-0.4, -0.2) is 10.9 Å². The van der Waals surface area contributed by atoms with E-state index in [4.69, 9.17) is 5.73 Å². The quantitative estimate of drug-likeness (QED) is 0.829. The van der Waals surface area contributed by atoms with E-state index >= 15 is 0 Å². The highest BCUT2D eigenvalue weighted by Crippen LogP contribution is 2.21. The van der Waals surface area contributed by atoms with Crippen molar-refractivity contribution in [3.63, 3.8) is 0 Å². The largest absolute Gasteiger partial charge is 0.366 e. The van der Waals surface area contributed by atoms with Gasteiger partial charge in [0.1, 0.15) is 0 Å². The van der Waals surface area contributed by atoms with E-state index in [9.17, 15) is 4.79 Å². The highest BCUT2D eigenvalue weighted by Gasteiger charge is 2.09. The van der Waals surface area contributed by atoms with Gasteiger partial charge in [-0.1, -0.05) is 24.3 Å². The summed E-state index contributed by atoms with van der Waals surface area (Å²) in [5, 5.41) is 0. The molecule has 80 valence electrons. The van der Waals surface area contributed by atoms with Crippen LogP contribution in [0, 0.1) is 6.92 Å². The van der Waals surface area contributed by atoms with E-state index in [-0.39, 0.29) is 0 Å². The number of aryl methyl sites for hydroxylation is 1. The number of rotatable bonds is 2. The second-order valence-corrected chi connectivity index (χ2v) is 3.63. The van der Waals surface area contributed by atoms with Crippen LogP contribution < -0.4 is 5.73 Å². The first kappa shape index (κ1) is 10.4. The number of primary amides is 1. The maximum absolute atomic E-state index is 11.3. The van der Waals surface area contributed by atoms with Crippen molar-refractivity contribution in [3.8, 4) is 11.3 Å². The third-order valence-electron chi connectivity index (χ3n) is 2.38. The average molecular weight is 212 g/mol. The molecule has 0 saturated carbocycles. The molecule has 3 heteroatoms. The number of amides is 1. The summed E-state index contributed by atoms with van der Waals surface area (Å²) in [7, 11) is 0. The number of aromatic nitrogens is 1. The van der Waals surface area contributed by atoms with E-state index in [1.807, 2.05) is 31.2 Å². The van der Waals surface area contributed by atoms with Crippen molar-refractivity contribution < 1.29 is 4.79 Å². The van der Waals surface area contributed by atoms with E-state index in [2.05, 4.69) is 4.98 Å². The van der Waals surface area contributed by atoms with Gasteiger partial charge in [0.05, 0.1) is 5.69 Å². The molecule has 2 rings (SSSR count). The fraction of sp³-hybridized carbons (Fsp3) is 0.0769. The number of pyridine rings is 1. The van der Waals surface area contributed by atoms with Gasteiger partial charge in [0.15, 0.2) is 0 Å². The summed E-state index contributed by atoms with van der Waals surface area (Å²) in [4.78, 5) is 15.5. The number of benzene rings is 1. The molecule has 16 heavy (non-hydrogen) atoms. The molecule has 0 aliphatic heterocycles. The zero-order valence-electron chi connectivity index (χ0n) is 8.97. The highest BCUT2D eigenvalue weighted by atomic mass is 16.1. The van der Waals surface area contributed by atoms with Gasteiger partial charge in [-0.2, -0.15) is 0 Å². The number of hydrogen-bond donors (Lipinski definition) is 1. The molecule has 2 aromatic rings. The molecule has 0 atom stereocenters. The summed E-state index contributed by atoms with van der Waals surface area (Å²) in [5.41, 5.74) is 8.43. The first-order valence-corrected chi connectivity index (χ1v) is 5.00. The zero-order chi connectivity index (χ0) is 11.5. The normalized spacial score (nSPS) is 10.1. The minimum Gasteiger partial charge on any atom is -0.366 e. The van der Waals surface area contributed by atoms with Crippen LogP contribution in [0.2, 0.25) is 0 Å². The number of carbonyl (C=O) groups excluding carboxylic acids is 1. The Morgan fingerprint density at radius 2 is 1.94 bits per heavy atom. The third-order valence-corrected chi connectivity index (χ3v) is 2.38. The second kappa shape index (κ2) is 4.14. The third kappa shape index (κ3) is 1.93. The summed E-state index contributed by atoms with van der Waals surface area (Å²) < 4.78 is 0. The average Bonchev–Trinajstić information content (AvgIpc) is 2.30. The van der Waals surface area contributed by atoms with Crippen molar-refractivity contribution in [1.29, 1.82) is 0 Å². The first-order valence-electron chi connectivity index (χ1n) is 5.00. The summed E-state index contributed by atoms with van der Waals surface area (Å²) >= 11 is 0. The van der Waals surface area contributed by atoms with Crippen molar-refractivity contribution >= 4 is 5.91 Å². The fourth-order valence-corrected chi connectivity index (χ4v) is 1.55. The Balaban J connectivity index is 2.55. The Kier molecular flexibility index (Phi) is 2.68. The lowest BCUT2D eigenvalue weighted by Gasteiger charge is -2.05. The van der Waals surface area contributed by atoms with Gasteiger partial charge in [-0.3, -0.25) is 9.78 Å². The van der Waals surface area contributed by atoms with Gasteiger partial charge < -0.3 is 5.73 Å². The molecule has 0 unspecified atom stereocenters. The Labute approximate surface area is 93.9 Å². The van der Waals surface area contributed by atoms with E-state index in [1.165, 1.54) is 0 Å². The highest BCUT2D eigenvalue weighted by molar-refractivity contribution is 5.99. The number of hydrogen-bond acceptors (Lipinski definition) is 2. The lowest BCUT2D eigenvalue weighted by molar-refractivity contribution is 0.100. The van der Waals surface area contributed by atoms with E-state index < -0.39 is 5.91 Å². The van der Waals surface area contributed by atoms with Gasteiger partial charge in [-0.25, -0.2) is 0 Å². The van der Waals surface area contributed by atoms with Gasteiger partial charge in [-0.15, -0.1) is 0 Å². The minimum absolute atomic E-state index is 0.432. The molecule has 0 spiro atoms. The van der Waals surface area contributed by atoms with Crippen LogP contribution >= 0.6 is 0 Å². The minimum atomic E-state index is -0.432. The van der Waals surface area contributed by atoms with Crippen LogP contribution in [-0.2, 0) is 0 Å². The van der Waals surface area contributed by atoms with Gasteiger partial charge in [0.2, 0.25) is 5.91 Å². The molecule has 1 amide bonds. The molecule has 2 N–H and O–H groups in total. The topological polar surface area (TPSA) is 56.0 Å². The van der Waals surface area contributed by atoms with Crippen molar-refractivity contribution in [2.24, 2.45) is 5.73 Å². The summed E-state index contributed by atoms with van der Waals surface area (Å²) in [5.74, 6) is -0.432. The predicted octanol–water partition coefficient (Wildman–Crippen LogP) is 2.16. The van der Waals surface area contributed by atoms with Gasteiger partial charge >= 0.3 is 0 Å². The second-order valence-electron chi connectivity index (χ2n) is 3.63. The number of nitrogens with two attached hydrogens (primary N) is 1. The first-order chi connectivity index (χ1) is 7.68. The van der Waals surface area contributed by atoms with Crippen LogP contribution in [0.5, 0.6) is 0 Å². The predicted molar refractivity (Wildman–Crippen MR) is 62.9 cm³/mol. The molecular formula is C13H12N2O. The van der Waals surface area contributed by atoms with Crippen molar-refractivity contribution in [1.82, 2.24) is 4.98 Å². The molecule has 3 nitrogen and oxygen atoms in total. The molecule has 0 aliphatic rings. The van der Waals surface area contributed by atoms with Crippen LogP contribution in [0.3, 0.4) is 0 Å². The lowest BCUT2D eigenvalue weighted by Crippen LogP contribution is -2.12. The van der Waals surface area contributed by atoms with Crippen LogP contribution in [0.1, 0.15) is 15.9 Å². The van der Waals surface area contributed by atoms with Crippen molar-refractivity contribution in [2.75, 3.05) is 0 Å². The summed E-state index contributed by atoms with van der Waals surface area (Å²) in [6, 6.07) is 11.1. The number of nitrogens with zero attached hydrogens (tertiary/aromatic N) is 1. The van der Waals surface area contributed by atoms with Crippen LogP contribution in [0.25, 0.3) is 11.3 Å². The monoisotopic (exact) mass is 212 g/mol. The molecule has 0 saturated heterocycles. The molecule has 1 heterocycles. The lowest BCUT2D eigenvalue weighted by atomic mass is 10.0. The molecule has 0 bridgehead atoms. The maximum atomic E-state index is 11.3. The van der Waals surface area contributed by atoms with Gasteiger partial charge in [0.25, 0.3) is 0 Å². The standard InChI is InChI=1S/C13H12N2O/c1-9-6-7-12(15-8-9)10-4-2-3-5-11(10)13(14)16/h2-8H,1H3,(H2,14,16). The smallest absolute Gasteiger partial charge is 0.249 e. The molecule has 0 radical (unpaired) electrons. The van der Waals surface area contributed by atoms with Crippen molar-refractivity contribution in [3.05, 3.63) is 53.7 Å². The van der Waals surface area contributed by atoms with Crippen molar-refractivity contribution in [2.45, 2.75) is 6.92 Å². The molecule has 1 aromatic heterocycles. The van der Waals surface area contributed by atoms with E-state index in [1.54, 1.807) is 18.3 Å². The SMILES string of the molecule is Cc1ccc(-c2ccccc2C(N)=O)nc1. The van der Waals surface area contributed by atoms with Crippen LogP contribution in [0.15, 0.2) is 42.6 Å². The van der Waals surface area contributed by atoms with E-state index in [0.29, 0.717) is 5.56 Å². The molecule has 1 aromatic carbocycles. The van der Waals surface area contributed by atoms with Gasteiger partial charge in [-0.05, 0) is 24.6 Å². The molecule has 0 fully saturated rings. The van der Waals surface area contributed by atoms with Gasteiger partial charge in [0, 0.05) is 17.3 Å². The summed E-state index contributed by atoms with van der Waals surface area (Å²) in [6.45, 7) is 1.97. The number of carbonyl (C=O) groups is 1. The van der Waals surface area contributed by atoms with Crippen LogP contribution in [0.4, 0.5) is 0 Å². The summed E-state index contributed by atoms with van der Waals surface area (Å²) in [6.07, 6.45) is 1.77. The maximum Gasteiger partial charge on any atom is 0.249 e. The molecular weight excluding hydrogens is 200 g/mol. The molecule has 0 aliphatic carbocycles. The Morgan fingerprint density at radius 3 is 2.56 bits per heavy atom. The Bertz CT molecular complexity index is 518. The Morgan fingerprint density at radius 1 is 1.19 bits per heavy atom. The Hall–Kier alpha value is -2.16. The fourth-order valence-electron chi connectivity index (χ4n) is 1.55.